The molecule has 1 atom stereocenters. The van der Waals surface area contributed by atoms with Gasteiger partial charge < -0.3 is 4.74 Å². The summed E-state index contributed by atoms with van der Waals surface area (Å²) in [4.78, 5) is 0. The molecule has 0 rings (SSSR count). The molecule has 15 heavy (non-hydrogen) atoms. The van der Waals surface area contributed by atoms with Crippen LogP contribution in [0.3, 0.4) is 0 Å². The van der Waals surface area contributed by atoms with Crippen molar-refractivity contribution in [3.63, 3.8) is 0 Å². The van der Waals surface area contributed by atoms with E-state index in [-0.39, 0.29) is 5.60 Å². The van der Waals surface area contributed by atoms with Crippen LogP contribution in [-0.2, 0) is 4.74 Å². The van der Waals surface area contributed by atoms with Gasteiger partial charge >= 0.3 is 0 Å². The Morgan fingerprint density at radius 3 is 1.87 bits per heavy atom. The average Bonchev–Trinajstić information content (AvgIpc) is 2.02. The highest BCUT2D eigenvalue weighted by Crippen LogP contribution is 2.31. The molecule has 92 valence electrons. The fourth-order valence-electron chi connectivity index (χ4n) is 0.943. The molecule has 0 saturated heterocycles. The molecule has 0 radical (unpaired) electrons. The van der Waals surface area contributed by atoms with Crippen molar-refractivity contribution in [3.8, 4) is 0 Å². The van der Waals surface area contributed by atoms with Crippen LogP contribution in [0.25, 0.3) is 0 Å². The van der Waals surface area contributed by atoms with Crippen molar-refractivity contribution < 1.29 is 4.74 Å². The van der Waals surface area contributed by atoms with Gasteiger partial charge in [-0.1, -0.05) is 57.2 Å². The number of alkyl halides is 1. The van der Waals surface area contributed by atoms with Crippen molar-refractivity contribution in [1.82, 2.24) is 0 Å². The molecule has 0 aliphatic rings. The van der Waals surface area contributed by atoms with Crippen molar-refractivity contribution in [1.29, 1.82) is 0 Å². The largest absolute Gasteiger partial charge is 0.375 e. The van der Waals surface area contributed by atoms with Gasteiger partial charge in [-0.05, 0) is 31.6 Å². The first-order chi connectivity index (χ1) is 6.59. The smallest absolute Gasteiger partial charge is 0.0649 e. The highest BCUT2D eigenvalue weighted by atomic mass is 127. The first kappa shape index (κ1) is 15.7. The van der Waals surface area contributed by atoms with Crippen LogP contribution in [0.2, 0.25) is 0 Å². The fraction of sp³-hybridized carbons (Fsp3) is 1.00. The number of hydrogen-bond acceptors (Lipinski definition) is 1. The lowest BCUT2D eigenvalue weighted by Crippen LogP contribution is -2.33. The zero-order chi connectivity index (χ0) is 12.3. The van der Waals surface area contributed by atoms with Gasteiger partial charge in [0.05, 0.1) is 5.60 Å². The fourth-order valence-corrected chi connectivity index (χ4v) is 1.25. The van der Waals surface area contributed by atoms with Crippen LogP contribution in [0.15, 0.2) is 0 Å². The third-order valence-corrected chi connectivity index (χ3v) is 5.37. The first-order valence-corrected chi connectivity index (χ1v) is 7.12. The molecule has 0 bridgehead atoms. The second kappa shape index (κ2) is 5.85. The Bertz CT molecular complexity index is 163. The van der Waals surface area contributed by atoms with Gasteiger partial charge in [0, 0.05) is 10.5 Å². The molecule has 1 unspecified atom stereocenters. The van der Waals surface area contributed by atoms with Crippen LogP contribution in [0.5, 0.6) is 0 Å². The van der Waals surface area contributed by atoms with Crippen molar-refractivity contribution in [2.75, 3.05) is 6.61 Å². The quantitative estimate of drug-likeness (QED) is 0.509. The maximum atomic E-state index is 5.97. The molecule has 0 aliphatic carbocycles. The van der Waals surface area contributed by atoms with Crippen LogP contribution in [-0.4, -0.2) is 16.1 Å². The van der Waals surface area contributed by atoms with Gasteiger partial charge in [0.25, 0.3) is 0 Å². The predicted molar refractivity (Wildman–Crippen MR) is 76.7 cm³/mol. The summed E-state index contributed by atoms with van der Waals surface area (Å²) in [6.45, 7) is 16.6. The normalized spacial score (nSPS) is 15.8. The molecular weight excluding hydrogens is 299 g/mol. The van der Waals surface area contributed by atoms with Gasteiger partial charge in [0.1, 0.15) is 0 Å². The maximum Gasteiger partial charge on any atom is 0.0649 e. The lowest BCUT2D eigenvalue weighted by Gasteiger charge is -2.33. The summed E-state index contributed by atoms with van der Waals surface area (Å²) >= 11 is 2.50. The topological polar surface area (TPSA) is 9.23 Å². The van der Waals surface area contributed by atoms with Crippen LogP contribution >= 0.6 is 22.6 Å². The summed E-state index contributed by atoms with van der Waals surface area (Å²) < 4.78 is 6.65. The van der Waals surface area contributed by atoms with Gasteiger partial charge in [0.15, 0.2) is 0 Å². The van der Waals surface area contributed by atoms with E-state index in [1.165, 1.54) is 0 Å². The molecule has 0 heterocycles. The number of halogens is 1. The number of ether oxygens (including phenoxy) is 1. The SMILES string of the molecule is CC(I)C(C)(C)CCOC(C)(C)C(C)C. The molecule has 1 nitrogen and oxygen atoms in total. The Labute approximate surface area is 109 Å². The van der Waals surface area contributed by atoms with E-state index in [4.69, 9.17) is 4.74 Å². The third kappa shape index (κ3) is 5.53. The average molecular weight is 326 g/mol. The summed E-state index contributed by atoms with van der Waals surface area (Å²) in [6, 6.07) is 0. The number of hydrogen-bond donors (Lipinski definition) is 0. The molecule has 0 aromatic heterocycles. The Morgan fingerprint density at radius 1 is 1.07 bits per heavy atom. The minimum absolute atomic E-state index is 0.00455. The molecule has 0 spiro atoms. The molecule has 0 aliphatic heterocycles. The maximum absolute atomic E-state index is 5.97. The first-order valence-electron chi connectivity index (χ1n) is 5.87. The summed E-state index contributed by atoms with van der Waals surface area (Å²) in [5, 5.41) is 0. The van der Waals surface area contributed by atoms with Crippen LogP contribution in [0.1, 0.15) is 54.9 Å². The molecule has 0 N–H and O–H groups in total. The highest BCUT2D eigenvalue weighted by Gasteiger charge is 2.27. The number of rotatable bonds is 6. The van der Waals surface area contributed by atoms with Gasteiger partial charge in [-0.25, -0.2) is 0 Å². The Balaban J connectivity index is 4.00. The van der Waals surface area contributed by atoms with Gasteiger partial charge in [-0.3, -0.25) is 0 Å². The molecule has 2 heteroatoms. The molecule has 0 amide bonds. The third-order valence-electron chi connectivity index (χ3n) is 3.69. The van der Waals surface area contributed by atoms with E-state index in [0.29, 0.717) is 15.3 Å². The van der Waals surface area contributed by atoms with E-state index in [1.807, 2.05) is 0 Å². The van der Waals surface area contributed by atoms with E-state index in [9.17, 15) is 0 Å². The zero-order valence-corrected chi connectivity index (χ0v) is 13.5. The van der Waals surface area contributed by atoms with Crippen LogP contribution in [0, 0.1) is 11.3 Å². The lowest BCUT2D eigenvalue weighted by atomic mass is 9.86. The van der Waals surface area contributed by atoms with Crippen LogP contribution in [0.4, 0.5) is 0 Å². The minimum atomic E-state index is 0.00455. The summed E-state index contributed by atoms with van der Waals surface area (Å²) in [6.07, 6.45) is 1.13. The Hall–Kier alpha value is 0.690. The molecule has 0 aromatic carbocycles. The summed E-state index contributed by atoms with van der Waals surface area (Å²) in [5.41, 5.74) is 0.373. The molecular formula is C13H27IO. The van der Waals surface area contributed by atoms with Gasteiger partial charge in [-0.15, -0.1) is 0 Å². The van der Waals surface area contributed by atoms with Crippen molar-refractivity contribution in [2.45, 2.75) is 64.4 Å². The van der Waals surface area contributed by atoms with Crippen molar-refractivity contribution in [2.24, 2.45) is 11.3 Å². The van der Waals surface area contributed by atoms with Crippen molar-refractivity contribution >= 4 is 22.6 Å². The second-order valence-electron chi connectivity index (χ2n) is 5.96. The van der Waals surface area contributed by atoms with Gasteiger partial charge in [-0.2, -0.15) is 0 Å². The molecule has 0 aromatic rings. The molecule has 0 fully saturated rings. The van der Waals surface area contributed by atoms with Gasteiger partial charge in [0.2, 0.25) is 0 Å². The zero-order valence-electron chi connectivity index (χ0n) is 11.4. The van der Waals surface area contributed by atoms with Crippen molar-refractivity contribution in [3.05, 3.63) is 0 Å². The van der Waals surface area contributed by atoms with E-state index in [1.54, 1.807) is 0 Å². The Morgan fingerprint density at radius 2 is 1.53 bits per heavy atom. The van der Waals surface area contributed by atoms with E-state index >= 15 is 0 Å². The minimum Gasteiger partial charge on any atom is -0.375 e. The molecule has 0 saturated carbocycles. The van der Waals surface area contributed by atoms with E-state index < -0.39 is 0 Å². The predicted octanol–water partition coefficient (Wildman–Crippen LogP) is 4.68. The lowest BCUT2D eigenvalue weighted by molar-refractivity contribution is -0.0587. The second-order valence-corrected chi connectivity index (χ2v) is 7.83. The monoisotopic (exact) mass is 326 g/mol. The standard InChI is InChI=1S/C13H27IO/c1-10(2)13(6,7)15-9-8-12(4,5)11(3)14/h10-11H,8-9H2,1-7H3. The van der Waals surface area contributed by atoms with E-state index in [0.717, 1.165) is 13.0 Å². The summed E-state index contributed by atoms with van der Waals surface area (Å²) in [7, 11) is 0. The Kier molecular flexibility index (Phi) is 6.12. The highest BCUT2D eigenvalue weighted by molar-refractivity contribution is 14.1. The van der Waals surface area contributed by atoms with E-state index in [2.05, 4.69) is 71.1 Å². The van der Waals surface area contributed by atoms with Crippen LogP contribution < -0.4 is 0 Å². The summed E-state index contributed by atoms with van der Waals surface area (Å²) in [5.74, 6) is 0.567.